The summed E-state index contributed by atoms with van der Waals surface area (Å²) in [6, 6.07) is 12.3. The van der Waals surface area contributed by atoms with Crippen LogP contribution in [0.3, 0.4) is 0 Å². The Hall–Kier alpha value is -3.59. The average Bonchev–Trinajstić information content (AvgIpc) is 3.06. The zero-order valence-corrected chi connectivity index (χ0v) is 17.0. The highest BCUT2D eigenvalue weighted by Crippen LogP contribution is 2.32. The Balaban J connectivity index is 1.58. The molecule has 1 saturated heterocycles. The van der Waals surface area contributed by atoms with Gasteiger partial charge in [0.25, 0.3) is 16.7 Å². The second-order valence-corrected chi connectivity index (χ2v) is 7.48. The third kappa shape index (κ3) is 3.79. The van der Waals surface area contributed by atoms with Gasteiger partial charge < -0.3 is 9.47 Å². The van der Waals surface area contributed by atoms with E-state index in [1.54, 1.807) is 49.5 Å². The molecule has 3 aromatic rings. The molecule has 4 rings (SSSR count). The minimum absolute atomic E-state index is 0.0696. The number of carbonyl (C=O) groups is 2. The molecule has 9 heteroatoms. The molecule has 1 aliphatic heterocycles. The molecule has 2 amide bonds. The Kier molecular flexibility index (Phi) is 5.28. The highest BCUT2D eigenvalue weighted by molar-refractivity contribution is 8.18. The molecule has 2 heterocycles. The van der Waals surface area contributed by atoms with Crippen LogP contribution in [-0.4, -0.2) is 27.8 Å². The summed E-state index contributed by atoms with van der Waals surface area (Å²) >= 11 is 0.846. The van der Waals surface area contributed by atoms with Gasteiger partial charge in [-0.2, -0.15) is 0 Å². The Morgan fingerprint density at radius 3 is 2.67 bits per heavy atom. The van der Waals surface area contributed by atoms with Crippen molar-refractivity contribution in [3.63, 3.8) is 0 Å². The number of nitrogens with one attached hydrogen (secondary N) is 1. The molecule has 1 aliphatic rings. The molecule has 0 saturated carbocycles. The Labute approximate surface area is 175 Å². The monoisotopic (exact) mass is 423 g/mol. The van der Waals surface area contributed by atoms with E-state index in [1.165, 1.54) is 11.7 Å². The molecule has 8 nitrogen and oxygen atoms in total. The van der Waals surface area contributed by atoms with Crippen LogP contribution in [0.2, 0.25) is 0 Å². The number of amides is 2. The summed E-state index contributed by atoms with van der Waals surface area (Å²) in [5, 5.41) is 2.36. The number of hydrogen-bond donors (Lipinski definition) is 1. The molecule has 0 atom stereocenters. The topological polar surface area (TPSA) is 99.5 Å². The van der Waals surface area contributed by atoms with Crippen LogP contribution in [0.15, 0.2) is 52.2 Å². The van der Waals surface area contributed by atoms with Gasteiger partial charge in [-0.15, -0.1) is 0 Å². The van der Waals surface area contributed by atoms with Gasteiger partial charge in [-0.1, -0.05) is 18.2 Å². The predicted molar refractivity (Wildman–Crippen MR) is 113 cm³/mol. The Morgan fingerprint density at radius 1 is 1.13 bits per heavy atom. The second kappa shape index (κ2) is 8.03. The van der Waals surface area contributed by atoms with Crippen molar-refractivity contribution in [3.8, 4) is 11.5 Å². The maximum Gasteiger partial charge on any atom is 0.290 e. The zero-order valence-electron chi connectivity index (χ0n) is 16.2. The number of benzene rings is 2. The quantitative estimate of drug-likeness (QED) is 0.630. The second-order valence-electron chi connectivity index (χ2n) is 6.46. The summed E-state index contributed by atoms with van der Waals surface area (Å²) < 4.78 is 12.7. The fourth-order valence-corrected chi connectivity index (χ4v) is 3.68. The van der Waals surface area contributed by atoms with E-state index >= 15 is 0 Å². The Morgan fingerprint density at radius 2 is 1.93 bits per heavy atom. The van der Waals surface area contributed by atoms with Gasteiger partial charge >= 0.3 is 0 Å². The number of rotatable bonds is 5. The number of nitrogens with zero attached hydrogens (tertiary/aromatic N) is 2. The standard InChI is InChI=1S/C21H17N3O5S/c1-24-18(22-14-6-4-3-5-13(14)20(24)26)11-29-15-8-7-12(9-16(15)28-2)10-17-19(25)23-21(27)30-17/h3-10H,11H2,1-2H3,(H,23,25,27)/b17-10+. The molecule has 0 aliphatic carbocycles. The van der Waals surface area contributed by atoms with Crippen LogP contribution in [0.5, 0.6) is 11.5 Å². The lowest BCUT2D eigenvalue weighted by molar-refractivity contribution is -0.115. The summed E-state index contributed by atoms with van der Waals surface area (Å²) in [6.45, 7) is 0.0696. The maximum absolute atomic E-state index is 12.5. The maximum atomic E-state index is 12.5. The molecule has 152 valence electrons. The third-order valence-corrected chi connectivity index (χ3v) is 5.37. The van der Waals surface area contributed by atoms with Crippen LogP contribution in [-0.2, 0) is 18.4 Å². The molecule has 1 aromatic heterocycles. The van der Waals surface area contributed by atoms with Gasteiger partial charge in [-0.05, 0) is 47.7 Å². The van der Waals surface area contributed by atoms with E-state index in [-0.39, 0.29) is 12.2 Å². The molecular formula is C21H17N3O5S. The van der Waals surface area contributed by atoms with E-state index in [9.17, 15) is 14.4 Å². The molecule has 1 N–H and O–H groups in total. The van der Waals surface area contributed by atoms with Gasteiger partial charge in [0.1, 0.15) is 12.4 Å². The van der Waals surface area contributed by atoms with Gasteiger partial charge in [-0.3, -0.25) is 24.3 Å². The minimum Gasteiger partial charge on any atom is -0.493 e. The summed E-state index contributed by atoms with van der Waals surface area (Å²) in [4.78, 5) is 40.4. The van der Waals surface area contributed by atoms with Crippen LogP contribution in [0.25, 0.3) is 17.0 Å². The van der Waals surface area contributed by atoms with E-state index in [0.29, 0.717) is 38.7 Å². The number of fused-ring (bicyclic) bond motifs is 1. The third-order valence-electron chi connectivity index (χ3n) is 4.56. The van der Waals surface area contributed by atoms with E-state index in [0.717, 1.165) is 11.8 Å². The number of methoxy groups -OCH3 is 1. The lowest BCUT2D eigenvalue weighted by Crippen LogP contribution is -2.23. The fourth-order valence-electron chi connectivity index (χ4n) is 3.00. The number of para-hydroxylation sites is 1. The van der Waals surface area contributed by atoms with Gasteiger partial charge in [0, 0.05) is 7.05 Å². The summed E-state index contributed by atoms with van der Waals surface area (Å²) in [5.41, 5.74) is 1.15. The first-order valence-electron chi connectivity index (χ1n) is 8.96. The van der Waals surface area contributed by atoms with Crippen molar-refractivity contribution in [2.24, 2.45) is 7.05 Å². The van der Waals surface area contributed by atoms with Gasteiger partial charge in [-0.25, -0.2) is 4.98 Å². The van der Waals surface area contributed by atoms with Crippen molar-refractivity contribution in [3.05, 3.63) is 69.1 Å². The first kappa shape index (κ1) is 19.7. The number of thioether (sulfide) groups is 1. The van der Waals surface area contributed by atoms with Crippen LogP contribution >= 0.6 is 11.8 Å². The zero-order chi connectivity index (χ0) is 21.3. The van der Waals surface area contributed by atoms with Crippen molar-refractivity contribution in [1.82, 2.24) is 14.9 Å². The van der Waals surface area contributed by atoms with Crippen LogP contribution < -0.4 is 20.3 Å². The van der Waals surface area contributed by atoms with Gasteiger partial charge in [0.05, 0.1) is 22.9 Å². The number of imide groups is 1. The smallest absolute Gasteiger partial charge is 0.290 e. The minimum atomic E-state index is -0.424. The molecule has 0 unspecified atom stereocenters. The molecule has 0 bridgehead atoms. The molecule has 0 radical (unpaired) electrons. The number of aromatic nitrogens is 2. The lowest BCUT2D eigenvalue weighted by atomic mass is 10.2. The molecule has 30 heavy (non-hydrogen) atoms. The number of ether oxygens (including phenoxy) is 2. The van der Waals surface area contributed by atoms with E-state index in [2.05, 4.69) is 10.3 Å². The number of hydrogen-bond acceptors (Lipinski definition) is 7. The molecule has 1 fully saturated rings. The van der Waals surface area contributed by atoms with Crippen molar-refractivity contribution in [2.75, 3.05) is 7.11 Å². The van der Waals surface area contributed by atoms with Crippen molar-refractivity contribution >= 4 is 39.9 Å². The Bertz CT molecular complexity index is 1270. The highest BCUT2D eigenvalue weighted by Gasteiger charge is 2.25. The van der Waals surface area contributed by atoms with Crippen LogP contribution in [0.4, 0.5) is 4.79 Å². The fraction of sp³-hybridized carbons (Fsp3) is 0.143. The summed E-state index contributed by atoms with van der Waals surface area (Å²) in [7, 11) is 3.16. The van der Waals surface area contributed by atoms with Crippen LogP contribution in [0.1, 0.15) is 11.4 Å². The van der Waals surface area contributed by atoms with E-state index in [4.69, 9.17) is 9.47 Å². The normalized spacial score (nSPS) is 14.9. The van der Waals surface area contributed by atoms with E-state index in [1.807, 2.05) is 6.07 Å². The average molecular weight is 423 g/mol. The predicted octanol–water partition coefficient (Wildman–Crippen LogP) is 2.85. The number of carbonyl (C=O) groups excluding carboxylic acids is 2. The first-order chi connectivity index (χ1) is 14.5. The van der Waals surface area contributed by atoms with Crippen molar-refractivity contribution in [1.29, 1.82) is 0 Å². The molecular weight excluding hydrogens is 406 g/mol. The summed E-state index contributed by atoms with van der Waals surface area (Å²) in [5.74, 6) is 0.962. The highest BCUT2D eigenvalue weighted by atomic mass is 32.2. The van der Waals surface area contributed by atoms with Crippen molar-refractivity contribution in [2.45, 2.75) is 6.61 Å². The molecule has 2 aromatic carbocycles. The molecule has 0 spiro atoms. The lowest BCUT2D eigenvalue weighted by Gasteiger charge is -2.13. The van der Waals surface area contributed by atoms with Gasteiger partial charge in [0.15, 0.2) is 11.5 Å². The van der Waals surface area contributed by atoms with Gasteiger partial charge in [0.2, 0.25) is 0 Å². The van der Waals surface area contributed by atoms with Crippen molar-refractivity contribution < 1.29 is 19.1 Å². The largest absolute Gasteiger partial charge is 0.493 e. The van der Waals surface area contributed by atoms with E-state index < -0.39 is 11.1 Å². The first-order valence-corrected chi connectivity index (χ1v) is 9.78. The SMILES string of the molecule is COc1cc(/C=C2/SC(=O)NC2=O)ccc1OCc1nc2ccccc2c(=O)n1C. The summed E-state index contributed by atoms with van der Waals surface area (Å²) in [6.07, 6.45) is 1.60. The van der Waals surface area contributed by atoms with Crippen LogP contribution in [0, 0.1) is 0 Å².